The van der Waals surface area contributed by atoms with Gasteiger partial charge in [0.05, 0.1) is 0 Å². The number of rotatable bonds is 4. The number of nitrogens with one attached hydrogen (secondary N) is 1. The van der Waals surface area contributed by atoms with Gasteiger partial charge < -0.3 is 5.32 Å². The number of aryl methyl sites for hydroxylation is 1. The highest BCUT2D eigenvalue weighted by Crippen LogP contribution is 2.10. The Kier molecular flexibility index (Phi) is 3.87. The second-order valence-corrected chi connectivity index (χ2v) is 4.42. The zero-order chi connectivity index (χ0) is 13.0. The highest BCUT2D eigenvalue weighted by Gasteiger charge is 2.05. The topological polar surface area (TPSA) is 37.8 Å². The van der Waals surface area contributed by atoms with Crippen molar-refractivity contribution >= 4 is 5.82 Å². The molecule has 3 nitrogen and oxygen atoms in total. The predicted octanol–water partition coefficient (Wildman–Crippen LogP) is 2.97. The third-order valence-electron chi connectivity index (χ3n) is 2.65. The van der Waals surface area contributed by atoms with Gasteiger partial charge in [0, 0.05) is 17.8 Å². The lowest BCUT2D eigenvalue weighted by atomic mass is 10.1. The predicted molar refractivity (Wildman–Crippen MR) is 70.0 cm³/mol. The summed E-state index contributed by atoms with van der Waals surface area (Å²) in [7, 11) is 0. The van der Waals surface area contributed by atoms with E-state index in [1.54, 1.807) is 18.5 Å². The zero-order valence-electron chi connectivity index (χ0n) is 10.5. The van der Waals surface area contributed by atoms with E-state index in [0.29, 0.717) is 0 Å². The van der Waals surface area contributed by atoms with Gasteiger partial charge in [0.2, 0.25) is 0 Å². The van der Waals surface area contributed by atoms with Crippen LogP contribution in [0.25, 0.3) is 0 Å². The van der Waals surface area contributed by atoms with E-state index in [9.17, 15) is 4.39 Å². The fourth-order valence-electron chi connectivity index (χ4n) is 1.81. The third-order valence-corrected chi connectivity index (χ3v) is 2.65. The summed E-state index contributed by atoms with van der Waals surface area (Å²) < 4.78 is 12.8. The van der Waals surface area contributed by atoms with Gasteiger partial charge in [-0.1, -0.05) is 12.1 Å². The molecule has 1 atom stereocenters. The second-order valence-electron chi connectivity index (χ2n) is 4.42. The van der Waals surface area contributed by atoms with E-state index in [0.717, 1.165) is 23.5 Å². The maximum Gasteiger partial charge on any atom is 0.129 e. The molecule has 1 heterocycles. The summed E-state index contributed by atoms with van der Waals surface area (Å²) in [6.45, 7) is 4.00. The largest absolute Gasteiger partial charge is 0.367 e. The molecule has 1 aromatic heterocycles. The van der Waals surface area contributed by atoms with E-state index in [-0.39, 0.29) is 11.9 Å². The minimum Gasteiger partial charge on any atom is -0.367 e. The smallest absolute Gasteiger partial charge is 0.129 e. The average Bonchev–Trinajstić information content (AvgIpc) is 2.32. The molecule has 2 rings (SSSR count). The second kappa shape index (κ2) is 5.58. The highest BCUT2D eigenvalue weighted by atomic mass is 19.1. The van der Waals surface area contributed by atoms with Crippen molar-refractivity contribution in [2.24, 2.45) is 0 Å². The Morgan fingerprint density at radius 1 is 1.22 bits per heavy atom. The van der Waals surface area contributed by atoms with Gasteiger partial charge >= 0.3 is 0 Å². The van der Waals surface area contributed by atoms with Crippen molar-refractivity contribution in [3.63, 3.8) is 0 Å². The Bertz CT molecular complexity index is 511. The molecule has 2 aromatic rings. The quantitative estimate of drug-likeness (QED) is 0.899. The number of benzene rings is 1. The number of hydrogen-bond acceptors (Lipinski definition) is 3. The Hall–Kier alpha value is -1.97. The maximum atomic E-state index is 12.8. The minimum atomic E-state index is -0.203. The fraction of sp³-hybridized carbons (Fsp3) is 0.286. The summed E-state index contributed by atoms with van der Waals surface area (Å²) in [6.07, 6.45) is 2.37. The molecule has 0 saturated heterocycles. The van der Waals surface area contributed by atoms with Crippen LogP contribution in [0.15, 0.2) is 36.7 Å². The van der Waals surface area contributed by atoms with Crippen LogP contribution in [-0.4, -0.2) is 16.0 Å². The normalized spacial score (nSPS) is 12.2. The zero-order valence-corrected chi connectivity index (χ0v) is 10.5. The molecule has 0 bridgehead atoms. The minimum absolute atomic E-state index is 0.203. The number of hydrogen-bond donors (Lipinski definition) is 1. The molecular weight excluding hydrogens is 229 g/mol. The summed E-state index contributed by atoms with van der Waals surface area (Å²) in [5.74, 6) is 0.614. The van der Waals surface area contributed by atoms with Gasteiger partial charge in [-0.25, -0.2) is 14.4 Å². The first kappa shape index (κ1) is 12.5. The number of anilines is 1. The van der Waals surface area contributed by atoms with Crippen LogP contribution in [0.1, 0.15) is 18.2 Å². The van der Waals surface area contributed by atoms with Crippen LogP contribution in [0.3, 0.4) is 0 Å². The van der Waals surface area contributed by atoms with Crippen molar-refractivity contribution in [1.29, 1.82) is 0 Å². The van der Waals surface area contributed by atoms with Crippen molar-refractivity contribution in [1.82, 2.24) is 9.97 Å². The molecule has 0 radical (unpaired) electrons. The Morgan fingerprint density at radius 2 is 1.94 bits per heavy atom. The van der Waals surface area contributed by atoms with Crippen LogP contribution < -0.4 is 5.32 Å². The van der Waals surface area contributed by atoms with E-state index >= 15 is 0 Å². The van der Waals surface area contributed by atoms with Gasteiger partial charge in [-0.2, -0.15) is 0 Å². The van der Waals surface area contributed by atoms with Crippen LogP contribution in [0.4, 0.5) is 10.2 Å². The standard InChI is InChI=1S/C14H16FN3/c1-10-8-14(17-9-16-10)18-11(2)7-12-3-5-13(15)6-4-12/h3-6,8-9,11H,7H2,1-2H3,(H,16,17,18). The van der Waals surface area contributed by atoms with E-state index in [4.69, 9.17) is 0 Å². The highest BCUT2D eigenvalue weighted by molar-refractivity contribution is 5.36. The summed E-state index contributed by atoms with van der Waals surface area (Å²) in [5, 5.41) is 3.30. The number of halogens is 1. The van der Waals surface area contributed by atoms with E-state index < -0.39 is 0 Å². The van der Waals surface area contributed by atoms with Gasteiger partial charge in [0.25, 0.3) is 0 Å². The molecule has 0 aliphatic carbocycles. The van der Waals surface area contributed by atoms with Crippen molar-refractivity contribution in [3.05, 3.63) is 53.7 Å². The molecule has 0 aliphatic heterocycles. The van der Waals surface area contributed by atoms with E-state index in [2.05, 4.69) is 22.2 Å². The first-order valence-corrected chi connectivity index (χ1v) is 5.93. The molecule has 94 valence electrons. The van der Waals surface area contributed by atoms with Crippen molar-refractivity contribution in [3.8, 4) is 0 Å². The lowest BCUT2D eigenvalue weighted by Crippen LogP contribution is -2.19. The SMILES string of the molecule is Cc1cc(NC(C)Cc2ccc(F)cc2)ncn1. The molecule has 18 heavy (non-hydrogen) atoms. The first-order chi connectivity index (χ1) is 8.63. The summed E-state index contributed by atoms with van der Waals surface area (Å²) in [4.78, 5) is 8.20. The van der Waals surface area contributed by atoms with Crippen LogP contribution >= 0.6 is 0 Å². The Morgan fingerprint density at radius 3 is 2.61 bits per heavy atom. The van der Waals surface area contributed by atoms with Crippen molar-refractivity contribution in [2.75, 3.05) is 5.32 Å². The molecule has 0 amide bonds. The molecule has 1 N–H and O–H groups in total. The molecule has 0 saturated carbocycles. The molecule has 1 unspecified atom stereocenters. The maximum absolute atomic E-state index is 12.8. The molecule has 0 fully saturated rings. The van der Waals surface area contributed by atoms with Crippen LogP contribution in [0.5, 0.6) is 0 Å². The lowest BCUT2D eigenvalue weighted by molar-refractivity contribution is 0.626. The third kappa shape index (κ3) is 3.52. The molecule has 0 spiro atoms. The average molecular weight is 245 g/mol. The Balaban J connectivity index is 1.96. The first-order valence-electron chi connectivity index (χ1n) is 5.93. The van der Waals surface area contributed by atoms with Gasteiger partial charge in [0.15, 0.2) is 0 Å². The van der Waals surface area contributed by atoms with Gasteiger partial charge in [-0.3, -0.25) is 0 Å². The monoisotopic (exact) mass is 245 g/mol. The van der Waals surface area contributed by atoms with Crippen molar-refractivity contribution < 1.29 is 4.39 Å². The van der Waals surface area contributed by atoms with Crippen LogP contribution in [0.2, 0.25) is 0 Å². The molecule has 0 aliphatic rings. The van der Waals surface area contributed by atoms with Crippen molar-refractivity contribution in [2.45, 2.75) is 26.3 Å². The summed E-state index contributed by atoms with van der Waals surface area (Å²) >= 11 is 0. The number of aromatic nitrogens is 2. The van der Waals surface area contributed by atoms with Gasteiger partial charge in [0.1, 0.15) is 18.0 Å². The van der Waals surface area contributed by atoms with E-state index in [1.807, 2.05) is 13.0 Å². The molecule has 1 aromatic carbocycles. The lowest BCUT2D eigenvalue weighted by Gasteiger charge is -2.14. The summed E-state index contributed by atoms with van der Waals surface area (Å²) in [6, 6.07) is 8.71. The number of nitrogens with zero attached hydrogens (tertiary/aromatic N) is 2. The van der Waals surface area contributed by atoms with Gasteiger partial charge in [-0.05, 0) is 38.0 Å². The molecule has 4 heteroatoms. The van der Waals surface area contributed by atoms with Crippen LogP contribution in [-0.2, 0) is 6.42 Å². The fourth-order valence-corrected chi connectivity index (χ4v) is 1.81. The van der Waals surface area contributed by atoms with Gasteiger partial charge in [-0.15, -0.1) is 0 Å². The molecular formula is C14H16FN3. The summed E-state index contributed by atoms with van der Waals surface area (Å²) in [5.41, 5.74) is 2.03. The van der Waals surface area contributed by atoms with Crippen LogP contribution in [0, 0.1) is 12.7 Å². The Labute approximate surface area is 106 Å². The van der Waals surface area contributed by atoms with E-state index in [1.165, 1.54) is 12.1 Å².